The van der Waals surface area contributed by atoms with Crippen molar-refractivity contribution in [1.82, 2.24) is 21.5 Å². The van der Waals surface area contributed by atoms with Gasteiger partial charge < -0.3 is 37.4 Å². The third kappa shape index (κ3) is 8.52. The van der Waals surface area contributed by atoms with Crippen LogP contribution in [-0.2, 0) is 19.2 Å². The molecule has 26 heavy (non-hydrogen) atoms. The van der Waals surface area contributed by atoms with Crippen LogP contribution < -0.4 is 33.0 Å². The first-order valence-corrected chi connectivity index (χ1v) is 7.62. The molecule has 0 saturated carbocycles. The number of amides is 3. The zero-order chi connectivity index (χ0) is 20.4. The second kappa shape index (κ2) is 11.1. The van der Waals surface area contributed by atoms with Crippen molar-refractivity contribution >= 4 is 41.0 Å². The number of carboxylic acids is 1. The Hall–Kier alpha value is -2.55. The number of aliphatic hydroxyl groups is 2. The van der Waals surface area contributed by atoms with E-state index in [2.05, 4.69) is 10.6 Å². The molecule has 0 heterocycles. The summed E-state index contributed by atoms with van der Waals surface area (Å²) in [5.74, 6) is -4.11. The summed E-state index contributed by atoms with van der Waals surface area (Å²) in [6, 6.07) is -4.10. The molecule has 0 aliphatic carbocycles. The molecule has 0 aliphatic rings. The maximum absolute atomic E-state index is 12.0. The standard InChI is InChI=1S/C12H22N6O7S/c1-4(20)8(11(24)25)16-12(26)15-6(2-7(14)21)10(23)18-17-9(22)5(13)3-19/h4-6,8,19-20H,2-3,13H2,1H3,(H2,14,21)(H,17,22)(H,18,23)(H,24,25)(H2,15,16,26). The molecule has 0 radical (unpaired) electrons. The Kier molecular flexibility index (Phi) is 10.0. The molecule has 4 unspecified atom stereocenters. The van der Waals surface area contributed by atoms with E-state index in [4.69, 9.17) is 33.9 Å². The van der Waals surface area contributed by atoms with Gasteiger partial charge in [-0.25, -0.2) is 4.79 Å². The molecule has 3 amide bonds. The molecule has 0 fully saturated rings. The number of aliphatic hydroxyl groups excluding tert-OH is 2. The SMILES string of the molecule is CC(O)C(NC(=S)NC(CC(N)=O)C(=O)NNC(=O)C(N)CO)C(=O)O. The first-order valence-electron chi connectivity index (χ1n) is 7.21. The topological polar surface area (TPSA) is 229 Å². The molecule has 0 bridgehead atoms. The fraction of sp³-hybridized carbons (Fsp3) is 0.583. The van der Waals surface area contributed by atoms with Crippen molar-refractivity contribution < 1.29 is 34.5 Å². The normalized spacial score (nSPS) is 14.9. The molecule has 4 atom stereocenters. The molecule has 0 rings (SSSR count). The third-order valence-electron chi connectivity index (χ3n) is 2.90. The number of aliphatic carboxylic acids is 1. The number of hydrogen-bond donors (Lipinski definition) is 9. The fourth-order valence-corrected chi connectivity index (χ4v) is 1.80. The minimum Gasteiger partial charge on any atom is -0.480 e. The Labute approximate surface area is 153 Å². The van der Waals surface area contributed by atoms with Gasteiger partial charge in [0.25, 0.3) is 11.8 Å². The molecule has 0 aliphatic heterocycles. The van der Waals surface area contributed by atoms with Crippen LogP contribution in [0.1, 0.15) is 13.3 Å². The zero-order valence-electron chi connectivity index (χ0n) is 13.8. The van der Waals surface area contributed by atoms with E-state index in [1.807, 2.05) is 10.9 Å². The van der Waals surface area contributed by atoms with Gasteiger partial charge in [-0.05, 0) is 19.1 Å². The molecule has 0 aromatic heterocycles. The summed E-state index contributed by atoms with van der Waals surface area (Å²) in [6.45, 7) is 0.552. The van der Waals surface area contributed by atoms with Crippen LogP contribution in [0.2, 0.25) is 0 Å². The van der Waals surface area contributed by atoms with Gasteiger partial charge in [-0.2, -0.15) is 0 Å². The number of carbonyl (C=O) groups is 4. The van der Waals surface area contributed by atoms with E-state index in [1.165, 1.54) is 6.92 Å². The lowest BCUT2D eigenvalue weighted by Crippen LogP contribution is -2.59. The predicted molar refractivity (Wildman–Crippen MR) is 90.9 cm³/mol. The first-order chi connectivity index (χ1) is 12.0. The molecule has 14 heteroatoms. The van der Waals surface area contributed by atoms with Crippen molar-refractivity contribution in [3.05, 3.63) is 0 Å². The van der Waals surface area contributed by atoms with Crippen LogP contribution in [-0.4, -0.2) is 75.0 Å². The molecule has 0 spiro atoms. The second-order valence-electron chi connectivity index (χ2n) is 5.16. The van der Waals surface area contributed by atoms with Crippen LogP contribution in [0.25, 0.3) is 0 Å². The van der Waals surface area contributed by atoms with E-state index in [0.717, 1.165) is 0 Å². The summed E-state index contributed by atoms with van der Waals surface area (Å²) in [7, 11) is 0. The van der Waals surface area contributed by atoms with Crippen molar-refractivity contribution in [2.75, 3.05) is 6.61 Å². The smallest absolute Gasteiger partial charge is 0.328 e. The molecular weight excluding hydrogens is 372 g/mol. The van der Waals surface area contributed by atoms with Gasteiger partial charge >= 0.3 is 5.97 Å². The maximum Gasteiger partial charge on any atom is 0.328 e. The Morgan fingerprint density at radius 2 is 1.65 bits per heavy atom. The van der Waals surface area contributed by atoms with Crippen LogP contribution in [0, 0.1) is 0 Å². The van der Waals surface area contributed by atoms with Crippen LogP contribution >= 0.6 is 12.2 Å². The predicted octanol–water partition coefficient (Wildman–Crippen LogP) is -5.00. The largest absolute Gasteiger partial charge is 0.480 e. The Bertz CT molecular complexity index is 558. The summed E-state index contributed by atoms with van der Waals surface area (Å²) >= 11 is 4.84. The van der Waals surface area contributed by atoms with E-state index in [9.17, 15) is 24.3 Å². The Balaban J connectivity index is 4.90. The number of nitrogens with two attached hydrogens (primary N) is 2. The Morgan fingerprint density at radius 3 is 2.08 bits per heavy atom. The first kappa shape index (κ1) is 23.4. The summed E-state index contributed by atoms with van der Waals surface area (Å²) in [5.41, 5.74) is 14.2. The van der Waals surface area contributed by atoms with E-state index >= 15 is 0 Å². The van der Waals surface area contributed by atoms with Gasteiger partial charge in [0, 0.05) is 0 Å². The highest BCUT2D eigenvalue weighted by molar-refractivity contribution is 7.80. The zero-order valence-corrected chi connectivity index (χ0v) is 14.6. The number of nitrogens with one attached hydrogen (secondary N) is 4. The van der Waals surface area contributed by atoms with Crippen LogP contribution in [0.15, 0.2) is 0 Å². The number of hydrogen-bond acceptors (Lipinski definition) is 8. The van der Waals surface area contributed by atoms with Gasteiger partial charge in [-0.3, -0.25) is 25.2 Å². The van der Waals surface area contributed by atoms with Crippen LogP contribution in [0.4, 0.5) is 0 Å². The van der Waals surface area contributed by atoms with Gasteiger partial charge in [0.1, 0.15) is 12.1 Å². The van der Waals surface area contributed by atoms with Gasteiger partial charge in [0.15, 0.2) is 11.2 Å². The fourth-order valence-electron chi connectivity index (χ4n) is 1.53. The molecule has 0 aromatic carbocycles. The second-order valence-corrected chi connectivity index (χ2v) is 5.57. The lowest BCUT2D eigenvalue weighted by atomic mass is 10.2. The molecular formula is C12H22N6O7S. The van der Waals surface area contributed by atoms with Crippen LogP contribution in [0.5, 0.6) is 0 Å². The third-order valence-corrected chi connectivity index (χ3v) is 3.14. The van der Waals surface area contributed by atoms with E-state index in [1.54, 1.807) is 0 Å². The average Bonchev–Trinajstić information content (AvgIpc) is 2.54. The minimum atomic E-state index is -1.46. The van der Waals surface area contributed by atoms with Crippen LogP contribution in [0.3, 0.4) is 0 Å². The summed E-state index contributed by atoms with van der Waals surface area (Å²) in [6.07, 6.45) is -1.85. The quantitative estimate of drug-likeness (QED) is 0.133. The lowest BCUT2D eigenvalue weighted by Gasteiger charge is -2.23. The summed E-state index contributed by atoms with van der Waals surface area (Å²) in [4.78, 5) is 45.5. The van der Waals surface area contributed by atoms with Gasteiger partial charge in [-0.15, -0.1) is 0 Å². The minimum absolute atomic E-state index is 0.349. The molecule has 13 nitrogen and oxygen atoms in total. The van der Waals surface area contributed by atoms with E-state index in [-0.39, 0.29) is 5.11 Å². The highest BCUT2D eigenvalue weighted by Gasteiger charge is 2.27. The van der Waals surface area contributed by atoms with Crippen molar-refractivity contribution in [2.24, 2.45) is 11.5 Å². The molecule has 148 valence electrons. The molecule has 0 aromatic rings. The monoisotopic (exact) mass is 394 g/mol. The summed E-state index contributed by atoms with van der Waals surface area (Å²) < 4.78 is 0. The number of rotatable bonds is 9. The molecule has 0 saturated heterocycles. The van der Waals surface area contributed by atoms with Crippen molar-refractivity contribution in [3.8, 4) is 0 Å². The van der Waals surface area contributed by atoms with E-state index in [0.29, 0.717) is 0 Å². The highest BCUT2D eigenvalue weighted by atomic mass is 32.1. The Morgan fingerprint density at radius 1 is 1.12 bits per heavy atom. The van der Waals surface area contributed by atoms with Crippen molar-refractivity contribution in [2.45, 2.75) is 37.6 Å². The van der Waals surface area contributed by atoms with Crippen molar-refractivity contribution in [3.63, 3.8) is 0 Å². The number of primary amides is 1. The number of carboxylic acid groups (broad SMARTS) is 1. The average molecular weight is 394 g/mol. The van der Waals surface area contributed by atoms with E-state index < -0.39 is 60.9 Å². The van der Waals surface area contributed by atoms with Gasteiger partial charge in [0.05, 0.1) is 19.1 Å². The number of carbonyl (C=O) groups excluding carboxylic acids is 3. The molecule has 11 N–H and O–H groups in total. The number of hydrazine groups is 1. The van der Waals surface area contributed by atoms with Gasteiger partial charge in [0.2, 0.25) is 5.91 Å². The maximum atomic E-state index is 12.0. The number of thiocarbonyl (C=S) groups is 1. The summed E-state index contributed by atoms with van der Waals surface area (Å²) in [5, 5.41) is 31.3. The van der Waals surface area contributed by atoms with Gasteiger partial charge in [-0.1, -0.05) is 0 Å². The lowest BCUT2D eigenvalue weighted by molar-refractivity contribution is -0.141. The van der Waals surface area contributed by atoms with Crippen molar-refractivity contribution in [1.29, 1.82) is 0 Å². The highest BCUT2D eigenvalue weighted by Crippen LogP contribution is 1.96.